The number of nitrogens with one attached hydrogen (secondary N) is 3. The maximum absolute atomic E-state index is 14.6. The number of halogens is 2. The molecule has 4 rings (SSSR count). The summed E-state index contributed by atoms with van der Waals surface area (Å²) in [5.74, 6) is -2.26. The number of alkyl halides is 2. The fraction of sp³-hybridized carbons (Fsp3) is 0.550. The van der Waals surface area contributed by atoms with Crippen LogP contribution in [0.1, 0.15) is 62.6 Å². The maximum Gasteiger partial charge on any atom is 0.407 e. The molecule has 2 aromatic heterocycles. The molecule has 6 bridgehead atoms. The third kappa shape index (κ3) is 4.65. The molecule has 0 radical (unpaired) electrons. The van der Waals surface area contributed by atoms with Crippen LogP contribution in [-0.4, -0.2) is 33.4 Å². The second-order valence-corrected chi connectivity index (χ2v) is 7.98. The normalized spacial score (nSPS) is 27.1. The highest BCUT2D eigenvalue weighted by Gasteiger charge is 2.33. The first-order chi connectivity index (χ1) is 13.9. The molecule has 1 saturated carbocycles. The van der Waals surface area contributed by atoms with E-state index in [9.17, 15) is 13.6 Å². The molecule has 1 amide bonds. The molecule has 2 aromatic rings. The quantitative estimate of drug-likeness (QED) is 0.597. The summed E-state index contributed by atoms with van der Waals surface area (Å²) in [4.78, 5) is 16.1. The first kappa shape index (κ1) is 19.6. The number of nitrogens with zero attached hydrogens (tertiary/aromatic N) is 2. The van der Waals surface area contributed by atoms with Gasteiger partial charge < -0.3 is 15.4 Å². The first-order valence-electron chi connectivity index (χ1n) is 10.0. The summed E-state index contributed by atoms with van der Waals surface area (Å²) in [6, 6.07) is 3.04. The summed E-state index contributed by atoms with van der Waals surface area (Å²) in [6.07, 6.45) is 4.83. The van der Waals surface area contributed by atoms with Crippen molar-refractivity contribution >= 4 is 17.6 Å². The molecule has 29 heavy (non-hydrogen) atoms. The van der Waals surface area contributed by atoms with Gasteiger partial charge in [0, 0.05) is 41.9 Å². The number of amides is 1. The Morgan fingerprint density at radius 2 is 2.07 bits per heavy atom. The van der Waals surface area contributed by atoms with Crippen LogP contribution < -0.4 is 10.6 Å². The zero-order chi connectivity index (χ0) is 20.4. The van der Waals surface area contributed by atoms with Gasteiger partial charge in [-0.1, -0.05) is 0 Å². The van der Waals surface area contributed by atoms with E-state index >= 15 is 0 Å². The number of hydrogen-bond acceptors (Lipinski definition) is 5. The number of ether oxygens (including phenoxy) is 1. The monoisotopic (exact) mass is 405 g/mol. The average molecular weight is 405 g/mol. The van der Waals surface area contributed by atoms with Crippen molar-refractivity contribution in [2.75, 3.05) is 5.32 Å². The lowest BCUT2D eigenvalue weighted by molar-refractivity contribution is -0.0164. The van der Waals surface area contributed by atoms with Crippen molar-refractivity contribution < 1.29 is 18.3 Å². The molecule has 2 unspecified atom stereocenters. The lowest BCUT2D eigenvalue weighted by Crippen LogP contribution is -2.35. The molecule has 0 saturated heterocycles. The Morgan fingerprint density at radius 1 is 1.21 bits per heavy atom. The number of fused-ring (bicyclic) bond motifs is 7. The second-order valence-electron chi connectivity index (χ2n) is 7.98. The van der Waals surface area contributed by atoms with E-state index in [0.717, 1.165) is 25.0 Å². The van der Waals surface area contributed by atoms with Crippen LogP contribution in [0.2, 0.25) is 0 Å². The van der Waals surface area contributed by atoms with Crippen molar-refractivity contribution in [2.24, 2.45) is 0 Å². The lowest BCUT2D eigenvalue weighted by atomic mass is 10.0. The number of carbonyl (C=O) groups is 1. The number of aromatic nitrogens is 3. The summed E-state index contributed by atoms with van der Waals surface area (Å²) in [7, 11) is 0. The smallest absolute Gasteiger partial charge is 0.407 e. The predicted octanol–water partition coefficient (Wildman–Crippen LogP) is 4.57. The molecule has 2 aliphatic rings. The van der Waals surface area contributed by atoms with E-state index in [-0.39, 0.29) is 36.5 Å². The van der Waals surface area contributed by atoms with Crippen LogP contribution in [0.15, 0.2) is 24.5 Å². The van der Waals surface area contributed by atoms with Crippen LogP contribution in [0.3, 0.4) is 0 Å². The van der Waals surface area contributed by atoms with Crippen molar-refractivity contribution in [3.8, 4) is 0 Å². The predicted molar refractivity (Wildman–Crippen MR) is 103 cm³/mol. The largest absolute Gasteiger partial charge is 0.446 e. The van der Waals surface area contributed by atoms with Gasteiger partial charge in [0.1, 0.15) is 6.10 Å². The van der Waals surface area contributed by atoms with E-state index in [1.807, 2.05) is 6.07 Å². The van der Waals surface area contributed by atoms with Crippen LogP contribution in [0.5, 0.6) is 0 Å². The highest BCUT2D eigenvalue weighted by atomic mass is 19.3. The SMILES string of the molecule is C[C@@H]1CCCC(F)(F)c2cncc(c2)Nc2cc([nH]n2)C2CCC(C2)OC(=O)N1. The zero-order valence-corrected chi connectivity index (χ0v) is 16.3. The lowest BCUT2D eigenvalue weighted by Gasteiger charge is -2.20. The van der Waals surface area contributed by atoms with Gasteiger partial charge in [-0.15, -0.1) is 0 Å². The van der Waals surface area contributed by atoms with Gasteiger partial charge in [-0.3, -0.25) is 10.1 Å². The summed E-state index contributed by atoms with van der Waals surface area (Å²) >= 11 is 0. The molecule has 156 valence electrons. The average Bonchev–Trinajstić information content (AvgIpc) is 3.30. The minimum absolute atomic E-state index is 0.141. The molecule has 0 aromatic carbocycles. The van der Waals surface area contributed by atoms with Crippen LogP contribution in [0.4, 0.5) is 25.1 Å². The number of hydrogen-bond donors (Lipinski definition) is 3. The fourth-order valence-corrected chi connectivity index (χ4v) is 4.03. The number of rotatable bonds is 0. The molecule has 7 nitrogen and oxygen atoms in total. The Bertz CT molecular complexity index is 872. The summed E-state index contributed by atoms with van der Waals surface area (Å²) in [5.41, 5.74) is 1.26. The number of pyridine rings is 1. The van der Waals surface area contributed by atoms with Crippen LogP contribution in [0, 0.1) is 0 Å². The number of carbonyl (C=O) groups excluding carboxylic acids is 1. The molecule has 3 heterocycles. The van der Waals surface area contributed by atoms with Crippen molar-refractivity contribution in [1.29, 1.82) is 0 Å². The van der Waals surface area contributed by atoms with Crippen LogP contribution >= 0.6 is 0 Å². The van der Waals surface area contributed by atoms with Gasteiger partial charge in [0.15, 0.2) is 5.82 Å². The molecular weight excluding hydrogens is 380 g/mol. The van der Waals surface area contributed by atoms with Gasteiger partial charge in [0.2, 0.25) is 0 Å². The summed E-state index contributed by atoms with van der Waals surface area (Å²) in [6.45, 7) is 1.80. The molecule has 1 aliphatic heterocycles. The van der Waals surface area contributed by atoms with Crippen molar-refractivity contribution in [2.45, 2.75) is 69.4 Å². The maximum atomic E-state index is 14.6. The Balaban J connectivity index is 1.58. The highest BCUT2D eigenvalue weighted by Crippen LogP contribution is 2.37. The highest BCUT2D eigenvalue weighted by molar-refractivity contribution is 5.67. The fourth-order valence-electron chi connectivity index (χ4n) is 4.03. The summed E-state index contributed by atoms with van der Waals surface area (Å²) in [5, 5.41) is 13.0. The zero-order valence-electron chi connectivity index (χ0n) is 16.3. The van der Waals surface area contributed by atoms with Crippen molar-refractivity contribution in [1.82, 2.24) is 20.5 Å². The number of H-pyrrole nitrogens is 1. The van der Waals surface area contributed by atoms with Crippen molar-refractivity contribution in [3.63, 3.8) is 0 Å². The van der Waals surface area contributed by atoms with Crippen LogP contribution in [0.25, 0.3) is 0 Å². The number of aromatic amines is 1. The van der Waals surface area contributed by atoms with Gasteiger partial charge in [-0.25, -0.2) is 13.6 Å². The molecular formula is C20H25F2N5O2. The van der Waals surface area contributed by atoms with Gasteiger partial charge in [0.05, 0.1) is 11.9 Å². The number of anilines is 2. The van der Waals surface area contributed by atoms with E-state index in [1.54, 1.807) is 6.92 Å². The molecule has 3 N–H and O–H groups in total. The summed E-state index contributed by atoms with van der Waals surface area (Å²) < 4.78 is 34.8. The van der Waals surface area contributed by atoms with Gasteiger partial charge in [-0.05, 0) is 45.1 Å². The van der Waals surface area contributed by atoms with Crippen LogP contribution in [-0.2, 0) is 10.7 Å². The Hall–Kier alpha value is -2.71. The third-order valence-electron chi connectivity index (χ3n) is 5.62. The molecule has 1 fully saturated rings. The molecule has 3 atom stereocenters. The van der Waals surface area contributed by atoms with E-state index in [2.05, 4.69) is 25.8 Å². The van der Waals surface area contributed by atoms with Gasteiger partial charge >= 0.3 is 6.09 Å². The Kier molecular flexibility index (Phi) is 5.38. The van der Waals surface area contributed by atoms with Crippen molar-refractivity contribution in [3.05, 3.63) is 35.8 Å². The van der Waals surface area contributed by atoms with E-state index < -0.39 is 12.0 Å². The Labute approximate surface area is 167 Å². The Morgan fingerprint density at radius 3 is 2.93 bits per heavy atom. The van der Waals surface area contributed by atoms with E-state index in [4.69, 9.17) is 4.74 Å². The molecule has 1 aliphatic carbocycles. The third-order valence-corrected chi connectivity index (χ3v) is 5.62. The standard InChI is InChI=1S/C20H25F2N5O2/c1-12-3-2-6-20(21,22)14-8-15(11-23-10-14)25-18-9-17(26-27-18)13-4-5-16(7-13)29-19(28)24-12/h8-13,16H,2-7H2,1H3,(H,24,28)(H2,25,26,27)/t12-,13?,16?/m1/s1. The second kappa shape index (κ2) is 7.96. The minimum Gasteiger partial charge on any atom is -0.446 e. The molecule has 9 heteroatoms. The topological polar surface area (TPSA) is 91.9 Å². The molecule has 0 spiro atoms. The first-order valence-corrected chi connectivity index (χ1v) is 10.0. The van der Waals surface area contributed by atoms with E-state index in [0.29, 0.717) is 17.9 Å². The minimum atomic E-state index is -3.01. The van der Waals surface area contributed by atoms with E-state index in [1.165, 1.54) is 18.5 Å². The van der Waals surface area contributed by atoms with Gasteiger partial charge in [-0.2, -0.15) is 5.10 Å². The van der Waals surface area contributed by atoms with Gasteiger partial charge in [0.25, 0.3) is 5.92 Å². The number of alkyl carbamates (subject to hydrolysis) is 1.